The summed E-state index contributed by atoms with van der Waals surface area (Å²) in [4.78, 5) is 17.4. The molecule has 33 heavy (non-hydrogen) atoms. The summed E-state index contributed by atoms with van der Waals surface area (Å²) in [5.74, 6) is 1.00. The number of carbonyl (C=O) groups excluding carboxylic acids is 1. The third kappa shape index (κ3) is 6.11. The summed E-state index contributed by atoms with van der Waals surface area (Å²) in [5, 5.41) is 4.32. The minimum atomic E-state index is -0.187. The minimum Gasteiger partial charge on any atom is -0.490 e. The van der Waals surface area contributed by atoms with Gasteiger partial charge in [0.2, 0.25) is 0 Å². The molecule has 1 fully saturated rings. The van der Waals surface area contributed by atoms with E-state index in [1.807, 2.05) is 61.5 Å². The van der Waals surface area contributed by atoms with Gasteiger partial charge in [-0.05, 0) is 72.3 Å². The van der Waals surface area contributed by atoms with Crippen molar-refractivity contribution in [3.63, 3.8) is 0 Å². The van der Waals surface area contributed by atoms with Crippen molar-refractivity contribution < 1.29 is 14.3 Å². The molecule has 1 N–H and O–H groups in total. The summed E-state index contributed by atoms with van der Waals surface area (Å²) in [5.41, 5.74) is 2.49. The molecule has 168 valence electrons. The van der Waals surface area contributed by atoms with E-state index in [-0.39, 0.29) is 5.91 Å². The normalized spacial score (nSPS) is 15.7. The number of carbonyl (C=O) groups is 1. The average molecular weight is 499 g/mol. The van der Waals surface area contributed by atoms with Crippen LogP contribution in [0.5, 0.6) is 11.5 Å². The zero-order valence-corrected chi connectivity index (χ0v) is 20.0. The van der Waals surface area contributed by atoms with Crippen LogP contribution in [0.15, 0.2) is 76.6 Å². The molecule has 5 nitrogen and oxygen atoms in total. The molecule has 1 aliphatic heterocycles. The topological polar surface area (TPSA) is 59.9 Å². The zero-order valence-electron chi connectivity index (χ0n) is 17.7. The first-order valence-electron chi connectivity index (χ1n) is 10.2. The number of hydrogen-bond donors (Lipinski definition) is 1. The van der Waals surface area contributed by atoms with Crippen LogP contribution in [0.2, 0.25) is 10.0 Å². The van der Waals surface area contributed by atoms with Gasteiger partial charge < -0.3 is 14.8 Å². The van der Waals surface area contributed by atoms with Gasteiger partial charge in [0.05, 0.1) is 27.2 Å². The van der Waals surface area contributed by atoms with Crippen molar-refractivity contribution in [2.24, 2.45) is 4.99 Å². The van der Waals surface area contributed by atoms with E-state index >= 15 is 0 Å². The Labute approximate surface area is 206 Å². The van der Waals surface area contributed by atoms with Crippen LogP contribution in [0.4, 0.5) is 5.69 Å². The second-order valence-corrected chi connectivity index (χ2v) is 8.84. The van der Waals surface area contributed by atoms with Gasteiger partial charge in [0, 0.05) is 0 Å². The van der Waals surface area contributed by atoms with Gasteiger partial charge in [-0.25, -0.2) is 4.99 Å². The van der Waals surface area contributed by atoms with Crippen molar-refractivity contribution in [2.75, 3.05) is 6.61 Å². The highest BCUT2D eigenvalue weighted by atomic mass is 35.5. The van der Waals surface area contributed by atoms with Crippen LogP contribution in [-0.2, 0) is 11.4 Å². The van der Waals surface area contributed by atoms with E-state index in [9.17, 15) is 4.79 Å². The number of hydrogen-bond acceptors (Lipinski definition) is 5. The lowest BCUT2D eigenvalue weighted by Gasteiger charge is -2.13. The molecule has 0 unspecified atom stereocenters. The molecule has 0 bridgehead atoms. The minimum absolute atomic E-state index is 0.187. The number of aliphatic imine (C=N–C) groups is 1. The number of amides is 1. The van der Waals surface area contributed by atoms with Crippen molar-refractivity contribution in [3.05, 3.63) is 92.8 Å². The van der Waals surface area contributed by atoms with Crippen molar-refractivity contribution in [3.8, 4) is 11.5 Å². The van der Waals surface area contributed by atoms with Gasteiger partial charge in [-0.3, -0.25) is 4.79 Å². The number of para-hydroxylation sites is 1. The summed E-state index contributed by atoms with van der Waals surface area (Å²) < 4.78 is 11.7. The Morgan fingerprint density at radius 2 is 1.79 bits per heavy atom. The highest BCUT2D eigenvalue weighted by Gasteiger charge is 2.24. The third-order valence-electron chi connectivity index (χ3n) is 4.58. The van der Waals surface area contributed by atoms with Crippen LogP contribution in [0, 0.1) is 0 Å². The maximum Gasteiger partial charge on any atom is 0.264 e. The first-order chi connectivity index (χ1) is 16.0. The van der Waals surface area contributed by atoms with Gasteiger partial charge in [-0.15, -0.1) is 0 Å². The van der Waals surface area contributed by atoms with Crippen LogP contribution in [0.25, 0.3) is 6.08 Å². The fraction of sp³-hybridized carbons (Fsp3) is 0.120. The van der Waals surface area contributed by atoms with Crippen molar-refractivity contribution in [1.29, 1.82) is 0 Å². The molecular weight excluding hydrogens is 479 g/mol. The van der Waals surface area contributed by atoms with Crippen LogP contribution in [0.1, 0.15) is 18.1 Å². The Hall–Kier alpha value is -2.93. The second kappa shape index (κ2) is 10.8. The molecule has 3 aromatic rings. The van der Waals surface area contributed by atoms with Crippen molar-refractivity contribution in [2.45, 2.75) is 13.5 Å². The standard InChI is InChI=1S/C25H20Cl2N2O3S/c1-2-31-22-13-16(9-11-21(22)32-15-17-8-10-19(26)20(27)12-17)14-23-24(30)29-25(33-23)28-18-6-4-3-5-7-18/h3-14H,2,15H2,1H3,(H,28,29,30)/b23-14+. The van der Waals surface area contributed by atoms with Crippen molar-refractivity contribution >= 4 is 57.8 Å². The molecule has 4 rings (SSSR count). The van der Waals surface area contributed by atoms with Crippen LogP contribution in [-0.4, -0.2) is 17.7 Å². The van der Waals surface area contributed by atoms with Gasteiger partial charge in [0.1, 0.15) is 6.61 Å². The van der Waals surface area contributed by atoms with Crippen molar-refractivity contribution in [1.82, 2.24) is 5.32 Å². The Kier molecular flexibility index (Phi) is 7.60. The second-order valence-electron chi connectivity index (χ2n) is 6.99. The Morgan fingerprint density at radius 1 is 0.970 bits per heavy atom. The van der Waals surface area contributed by atoms with E-state index in [2.05, 4.69) is 10.3 Å². The molecule has 0 atom stereocenters. The van der Waals surface area contributed by atoms with Gasteiger partial charge in [-0.1, -0.05) is 53.5 Å². The summed E-state index contributed by atoms with van der Waals surface area (Å²) in [6, 6.07) is 20.4. The van der Waals surface area contributed by atoms with Gasteiger partial charge >= 0.3 is 0 Å². The average Bonchev–Trinajstić information content (AvgIpc) is 3.14. The summed E-state index contributed by atoms with van der Waals surface area (Å²) in [6.07, 6.45) is 1.80. The largest absolute Gasteiger partial charge is 0.490 e. The van der Waals surface area contributed by atoms with E-state index in [1.54, 1.807) is 18.2 Å². The Morgan fingerprint density at radius 3 is 2.55 bits per heavy atom. The van der Waals surface area contributed by atoms with Gasteiger partial charge in [-0.2, -0.15) is 0 Å². The monoisotopic (exact) mass is 498 g/mol. The number of halogens is 2. The lowest BCUT2D eigenvalue weighted by Crippen LogP contribution is -2.19. The highest BCUT2D eigenvalue weighted by molar-refractivity contribution is 8.18. The quantitative estimate of drug-likeness (QED) is 0.361. The molecule has 8 heteroatoms. The number of amidine groups is 1. The molecule has 3 aromatic carbocycles. The molecule has 1 aliphatic rings. The molecule has 0 saturated carbocycles. The smallest absolute Gasteiger partial charge is 0.264 e. The maximum absolute atomic E-state index is 12.4. The van der Waals surface area contributed by atoms with Crippen LogP contribution >= 0.6 is 35.0 Å². The highest BCUT2D eigenvalue weighted by Crippen LogP contribution is 2.33. The van der Waals surface area contributed by atoms with Crippen LogP contribution in [0.3, 0.4) is 0 Å². The van der Waals surface area contributed by atoms with E-state index < -0.39 is 0 Å². The molecule has 1 amide bonds. The Bertz CT molecular complexity index is 1230. The number of ether oxygens (including phenoxy) is 2. The molecular formula is C25H20Cl2N2O3S. The lowest BCUT2D eigenvalue weighted by molar-refractivity contribution is -0.115. The summed E-state index contributed by atoms with van der Waals surface area (Å²) in [7, 11) is 0. The molecule has 1 heterocycles. The summed E-state index contributed by atoms with van der Waals surface area (Å²) >= 11 is 13.4. The SMILES string of the molecule is CCOc1cc(/C=C2/SC(=Nc3ccccc3)NC2=O)ccc1OCc1ccc(Cl)c(Cl)c1. The number of nitrogens with one attached hydrogen (secondary N) is 1. The number of thioether (sulfide) groups is 1. The molecule has 0 radical (unpaired) electrons. The van der Waals surface area contributed by atoms with E-state index in [0.717, 1.165) is 16.8 Å². The molecule has 1 saturated heterocycles. The number of nitrogens with zero attached hydrogens (tertiary/aromatic N) is 1. The van der Waals surface area contributed by atoms with Gasteiger partial charge in [0.15, 0.2) is 16.7 Å². The van der Waals surface area contributed by atoms with E-state index in [1.165, 1.54) is 11.8 Å². The summed E-state index contributed by atoms with van der Waals surface area (Å²) in [6.45, 7) is 2.70. The fourth-order valence-corrected chi connectivity index (χ4v) is 4.21. The number of rotatable bonds is 7. The Balaban J connectivity index is 1.50. The first-order valence-corrected chi connectivity index (χ1v) is 11.8. The van der Waals surface area contributed by atoms with Crippen LogP contribution < -0.4 is 14.8 Å². The molecule has 0 spiro atoms. The predicted octanol–water partition coefficient (Wildman–Crippen LogP) is 6.86. The fourth-order valence-electron chi connectivity index (χ4n) is 3.04. The van der Waals surface area contributed by atoms with Gasteiger partial charge in [0.25, 0.3) is 5.91 Å². The lowest BCUT2D eigenvalue weighted by atomic mass is 10.2. The van der Waals surface area contributed by atoms with E-state index in [4.69, 9.17) is 32.7 Å². The zero-order chi connectivity index (χ0) is 23.2. The van der Waals surface area contributed by atoms with E-state index in [0.29, 0.717) is 44.8 Å². The first kappa shape index (κ1) is 23.2. The third-order valence-corrected chi connectivity index (χ3v) is 6.23. The molecule has 0 aliphatic carbocycles. The maximum atomic E-state index is 12.4. The molecule has 0 aromatic heterocycles. The predicted molar refractivity (Wildman–Crippen MR) is 136 cm³/mol. The number of benzene rings is 3.